The highest BCUT2D eigenvalue weighted by molar-refractivity contribution is 7.91. The Morgan fingerprint density at radius 2 is 1.61 bits per heavy atom. The summed E-state index contributed by atoms with van der Waals surface area (Å²) in [7, 11) is -3.70. The van der Waals surface area contributed by atoms with E-state index in [0.29, 0.717) is 31.8 Å². The first kappa shape index (κ1) is 24.8. The van der Waals surface area contributed by atoms with Crippen LogP contribution in [0.4, 0.5) is 4.39 Å². The second kappa shape index (κ2) is 10.4. The Morgan fingerprint density at radius 1 is 0.939 bits per heavy atom. The summed E-state index contributed by atoms with van der Waals surface area (Å²) in [5, 5.41) is 9.73. The van der Waals surface area contributed by atoms with Crippen molar-refractivity contribution in [2.45, 2.75) is 70.7 Å². The van der Waals surface area contributed by atoms with Crippen molar-refractivity contribution >= 4 is 21.0 Å². The zero-order valence-electron chi connectivity index (χ0n) is 18.8. The van der Waals surface area contributed by atoms with Crippen LogP contribution >= 0.6 is 0 Å². The molecule has 1 N–H and O–H groups in total. The van der Waals surface area contributed by atoms with Crippen molar-refractivity contribution < 1.29 is 17.9 Å². The highest BCUT2D eigenvalue weighted by Crippen LogP contribution is 2.15. The minimum Gasteiger partial charge on any atom is -0.388 e. The summed E-state index contributed by atoms with van der Waals surface area (Å²) < 4.78 is 42.4. The molecule has 0 aliphatic carbocycles. The molecule has 0 aliphatic rings. The van der Waals surface area contributed by atoms with Gasteiger partial charge in [-0.25, -0.2) is 22.6 Å². The molecule has 0 saturated heterocycles. The van der Waals surface area contributed by atoms with E-state index in [1.54, 1.807) is 4.57 Å². The molecule has 0 spiro atoms. The van der Waals surface area contributed by atoms with E-state index in [9.17, 15) is 27.5 Å². The summed E-state index contributed by atoms with van der Waals surface area (Å²) in [4.78, 5) is 30.8. The number of aliphatic hydroxyl groups excluding tert-OH is 1. The topological polar surface area (TPSA) is 116 Å². The normalized spacial score (nSPS) is 12.0. The average molecular weight is 481 g/mol. The third-order valence-electron chi connectivity index (χ3n) is 5.48. The highest BCUT2D eigenvalue weighted by Gasteiger charge is 2.21. The smallest absolute Gasteiger partial charge is 0.332 e. The van der Waals surface area contributed by atoms with Gasteiger partial charge >= 0.3 is 5.69 Å². The second-order valence-corrected chi connectivity index (χ2v) is 9.99. The maximum absolute atomic E-state index is 13.3. The van der Waals surface area contributed by atoms with Gasteiger partial charge < -0.3 is 9.67 Å². The van der Waals surface area contributed by atoms with Gasteiger partial charge in [0.1, 0.15) is 18.2 Å². The molecule has 0 radical (unpaired) electrons. The molecule has 0 atom stereocenters. The molecule has 2 heterocycles. The van der Waals surface area contributed by atoms with Crippen molar-refractivity contribution in [2.75, 3.05) is 5.75 Å². The summed E-state index contributed by atoms with van der Waals surface area (Å²) in [6.07, 6.45) is 2.25. The molecule has 11 heteroatoms. The van der Waals surface area contributed by atoms with Crippen LogP contribution in [0.2, 0.25) is 0 Å². The van der Waals surface area contributed by atoms with Gasteiger partial charge in [0.2, 0.25) is 0 Å². The fraction of sp³-hybridized carbons (Fsp3) is 0.500. The Bertz CT molecular complexity index is 1340. The number of hydrogen-bond donors (Lipinski definition) is 1. The van der Waals surface area contributed by atoms with Crippen molar-refractivity contribution in [1.29, 1.82) is 0 Å². The number of aromatic nitrogens is 4. The first-order valence-electron chi connectivity index (χ1n) is 11.1. The maximum Gasteiger partial charge on any atom is 0.332 e. The molecule has 3 aromatic rings. The molecular formula is C22H29FN4O5S. The third kappa shape index (κ3) is 5.09. The van der Waals surface area contributed by atoms with Gasteiger partial charge in [-0.15, -0.1) is 0 Å². The number of benzene rings is 1. The number of halogens is 1. The van der Waals surface area contributed by atoms with Gasteiger partial charge in [-0.3, -0.25) is 13.9 Å². The maximum atomic E-state index is 13.3. The average Bonchev–Trinajstić information content (AvgIpc) is 3.15. The van der Waals surface area contributed by atoms with Gasteiger partial charge in [0.05, 0.1) is 10.6 Å². The monoisotopic (exact) mass is 480 g/mol. The standard InChI is InChI=1S/C22H29FN4O5S/c1-3-5-12-26-20-19(25(11-4-2)18(15-28)24-20)21(29)27(22(26)30)13-6-14-33(31,32)17-9-7-16(23)8-10-17/h7-10,28H,3-6,11-15H2,1-2H3. The molecule has 33 heavy (non-hydrogen) atoms. The van der Waals surface area contributed by atoms with Crippen LogP contribution in [0.3, 0.4) is 0 Å². The molecule has 0 unspecified atom stereocenters. The number of aryl methyl sites for hydroxylation is 2. The fourth-order valence-corrected chi connectivity index (χ4v) is 5.10. The first-order chi connectivity index (χ1) is 15.7. The molecule has 9 nitrogen and oxygen atoms in total. The fourth-order valence-electron chi connectivity index (χ4n) is 3.81. The molecule has 2 aromatic heterocycles. The molecular weight excluding hydrogens is 451 g/mol. The number of imidazole rings is 1. The molecule has 0 fully saturated rings. The highest BCUT2D eigenvalue weighted by atomic mass is 32.2. The molecule has 180 valence electrons. The number of rotatable bonds is 11. The van der Waals surface area contributed by atoms with Crippen LogP contribution in [0.5, 0.6) is 0 Å². The summed E-state index contributed by atoms with van der Waals surface area (Å²) in [6.45, 7) is 4.25. The Labute approximate surface area is 191 Å². The molecule has 0 bridgehead atoms. The summed E-state index contributed by atoms with van der Waals surface area (Å²) in [5.41, 5.74) is -0.627. The van der Waals surface area contributed by atoms with Crippen LogP contribution < -0.4 is 11.2 Å². The first-order valence-corrected chi connectivity index (χ1v) is 12.7. The Morgan fingerprint density at radius 3 is 2.21 bits per heavy atom. The predicted octanol–water partition coefficient (Wildman–Crippen LogP) is 2.07. The Kier molecular flexibility index (Phi) is 7.85. The zero-order valence-corrected chi connectivity index (χ0v) is 19.6. The van der Waals surface area contributed by atoms with Crippen molar-refractivity contribution in [3.63, 3.8) is 0 Å². The Balaban J connectivity index is 2.01. The van der Waals surface area contributed by atoms with Crippen LogP contribution in [0.1, 0.15) is 45.4 Å². The number of hydrogen-bond acceptors (Lipinski definition) is 6. The van der Waals surface area contributed by atoms with Gasteiger partial charge in [-0.1, -0.05) is 20.3 Å². The minimum atomic E-state index is -3.70. The van der Waals surface area contributed by atoms with Crippen LogP contribution in [0, 0.1) is 5.82 Å². The molecule has 0 amide bonds. The SMILES string of the molecule is CCCCn1c(=O)n(CCCS(=O)(=O)c2ccc(F)cc2)c(=O)c2c1nc(CO)n2CCC. The van der Waals surface area contributed by atoms with Crippen molar-refractivity contribution in [3.8, 4) is 0 Å². The number of aliphatic hydroxyl groups is 1. The van der Waals surface area contributed by atoms with Crippen molar-refractivity contribution in [1.82, 2.24) is 18.7 Å². The lowest BCUT2D eigenvalue weighted by molar-refractivity contribution is 0.265. The zero-order chi connectivity index (χ0) is 24.2. The second-order valence-electron chi connectivity index (χ2n) is 7.88. The summed E-state index contributed by atoms with van der Waals surface area (Å²) >= 11 is 0. The van der Waals surface area contributed by atoms with Gasteiger partial charge in [0.25, 0.3) is 5.56 Å². The number of unbranched alkanes of at least 4 members (excludes halogenated alkanes) is 1. The van der Waals surface area contributed by atoms with E-state index in [1.165, 1.54) is 16.7 Å². The van der Waals surface area contributed by atoms with E-state index in [2.05, 4.69) is 4.98 Å². The van der Waals surface area contributed by atoms with Crippen LogP contribution in [0.15, 0.2) is 38.8 Å². The van der Waals surface area contributed by atoms with Crippen molar-refractivity contribution in [3.05, 3.63) is 56.7 Å². The van der Waals surface area contributed by atoms with Gasteiger partial charge in [-0.05, 0) is 43.5 Å². The lowest BCUT2D eigenvalue weighted by Crippen LogP contribution is -2.41. The Hall–Kier alpha value is -2.79. The number of fused-ring (bicyclic) bond motifs is 1. The van der Waals surface area contributed by atoms with E-state index in [1.807, 2.05) is 13.8 Å². The molecule has 3 rings (SSSR count). The van der Waals surface area contributed by atoms with E-state index in [0.717, 1.165) is 23.1 Å². The van der Waals surface area contributed by atoms with Gasteiger partial charge in [0.15, 0.2) is 21.0 Å². The van der Waals surface area contributed by atoms with Crippen LogP contribution in [-0.4, -0.2) is 38.0 Å². The van der Waals surface area contributed by atoms with Crippen LogP contribution in [0.25, 0.3) is 11.2 Å². The van der Waals surface area contributed by atoms with E-state index in [-0.39, 0.29) is 41.4 Å². The molecule has 0 saturated carbocycles. The summed E-state index contributed by atoms with van der Waals surface area (Å²) in [6, 6.07) is 4.54. The van der Waals surface area contributed by atoms with Crippen molar-refractivity contribution in [2.24, 2.45) is 0 Å². The van der Waals surface area contributed by atoms with Gasteiger partial charge in [0, 0.05) is 19.6 Å². The van der Waals surface area contributed by atoms with Gasteiger partial charge in [-0.2, -0.15) is 0 Å². The van der Waals surface area contributed by atoms with E-state index >= 15 is 0 Å². The third-order valence-corrected chi connectivity index (χ3v) is 7.30. The summed E-state index contributed by atoms with van der Waals surface area (Å²) in [5.74, 6) is -0.522. The number of nitrogens with zero attached hydrogens (tertiary/aromatic N) is 4. The quantitative estimate of drug-likeness (QED) is 0.420. The van der Waals surface area contributed by atoms with E-state index < -0.39 is 26.9 Å². The largest absolute Gasteiger partial charge is 0.388 e. The molecule has 0 aliphatic heterocycles. The minimum absolute atomic E-state index is 0.0133. The molecule has 1 aromatic carbocycles. The predicted molar refractivity (Wildman–Crippen MR) is 122 cm³/mol. The lowest BCUT2D eigenvalue weighted by Gasteiger charge is -2.12. The lowest BCUT2D eigenvalue weighted by atomic mass is 10.3. The number of sulfone groups is 1. The van der Waals surface area contributed by atoms with E-state index in [4.69, 9.17) is 0 Å². The van der Waals surface area contributed by atoms with Crippen LogP contribution in [-0.2, 0) is 36.1 Å².